The van der Waals surface area contributed by atoms with Crippen molar-refractivity contribution in [3.05, 3.63) is 42.0 Å². The highest BCUT2D eigenvalue weighted by molar-refractivity contribution is 5.89. The van der Waals surface area contributed by atoms with Gasteiger partial charge in [-0.05, 0) is 36.2 Å². The van der Waals surface area contributed by atoms with Gasteiger partial charge in [-0.1, -0.05) is 6.07 Å². The van der Waals surface area contributed by atoms with Crippen molar-refractivity contribution in [2.24, 2.45) is 0 Å². The van der Waals surface area contributed by atoms with Crippen molar-refractivity contribution in [1.29, 1.82) is 0 Å². The number of amides is 1. The van der Waals surface area contributed by atoms with E-state index in [4.69, 9.17) is 18.9 Å². The third-order valence-corrected chi connectivity index (χ3v) is 4.48. The standard InChI is InChI=1S/C20H20N4O5/c1-26-13-5-6-14(16(10-13)27-2)19-22-20(24-23-19)21-18(25)8-4-12-3-7-15-17(9-12)29-11-28-15/h3,5-7,9-10H,4,8,11H2,1-2H3,(H2,21,22,23,24,25). The van der Waals surface area contributed by atoms with E-state index in [0.717, 1.165) is 11.3 Å². The lowest BCUT2D eigenvalue weighted by atomic mass is 10.1. The summed E-state index contributed by atoms with van der Waals surface area (Å²) in [6.45, 7) is 0.228. The Hall–Kier alpha value is -3.75. The predicted octanol–water partition coefficient (Wildman–Crippen LogP) is 2.79. The minimum atomic E-state index is -0.185. The Labute approximate surface area is 167 Å². The fraction of sp³-hybridized carbons (Fsp3) is 0.250. The molecule has 1 aliphatic heterocycles. The minimum Gasteiger partial charge on any atom is -0.497 e. The third-order valence-electron chi connectivity index (χ3n) is 4.48. The zero-order valence-corrected chi connectivity index (χ0v) is 16.0. The number of rotatable bonds is 7. The van der Waals surface area contributed by atoms with Crippen LogP contribution in [0.5, 0.6) is 23.0 Å². The number of carbonyl (C=O) groups excluding carboxylic acids is 1. The van der Waals surface area contributed by atoms with Crippen LogP contribution in [0.3, 0.4) is 0 Å². The molecule has 2 N–H and O–H groups in total. The van der Waals surface area contributed by atoms with E-state index in [1.807, 2.05) is 24.3 Å². The quantitative estimate of drug-likeness (QED) is 0.632. The summed E-state index contributed by atoms with van der Waals surface area (Å²) >= 11 is 0. The molecule has 1 aromatic heterocycles. The van der Waals surface area contributed by atoms with Crippen molar-refractivity contribution in [1.82, 2.24) is 15.2 Å². The van der Waals surface area contributed by atoms with E-state index >= 15 is 0 Å². The largest absolute Gasteiger partial charge is 0.497 e. The van der Waals surface area contributed by atoms with Gasteiger partial charge in [-0.15, -0.1) is 5.10 Å². The average Bonchev–Trinajstić information content (AvgIpc) is 3.40. The normalized spacial score (nSPS) is 11.9. The maximum Gasteiger partial charge on any atom is 0.249 e. The van der Waals surface area contributed by atoms with Crippen LogP contribution < -0.4 is 24.3 Å². The highest BCUT2D eigenvalue weighted by atomic mass is 16.7. The molecule has 2 heterocycles. The van der Waals surface area contributed by atoms with Gasteiger partial charge in [0.2, 0.25) is 18.6 Å². The molecule has 1 aliphatic rings. The van der Waals surface area contributed by atoms with Crippen LogP contribution in [0.2, 0.25) is 0 Å². The lowest BCUT2D eigenvalue weighted by Crippen LogP contribution is -2.13. The summed E-state index contributed by atoms with van der Waals surface area (Å²) in [6.07, 6.45) is 0.849. The van der Waals surface area contributed by atoms with Gasteiger partial charge in [-0.2, -0.15) is 4.98 Å². The summed E-state index contributed by atoms with van der Waals surface area (Å²) in [6, 6.07) is 11.0. The molecule has 0 spiro atoms. The first-order valence-electron chi connectivity index (χ1n) is 8.99. The summed E-state index contributed by atoms with van der Waals surface area (Å²) in [5, 5.41) is 9.58. The Morgan fingerprint density at radius 2 is 2.00 bits per heavy atom. The van der Waals surface area contributed by atoms with Crippen molar-refractivity contribution in [3.63, 3.8) is 0 Å². The fourth-order valence-corrected chi connectivity index (χ4v) is 2.97. The SMILES string of the molecule is COc1ccc(-c2nc(NC(=O)CCc3ccc4c(c3)OCO4)n[nH]2)c(OC)c1. The maximum absolute atomic E-state index is 12.3. The van der Waals surface area contributed by atoms with Gasteiger partial charge in [-0.3, -0.25) is 15.2 Å². The molecule has 0 saturated carbocycles. The molecule has 0 fully saturated rings. The first-order chi connectivity index (χ1) is 14.2. The Bertz CT molecular complexity index is 1030. The van der Waals surface area contributed by atoms with Crippen LogP contribution in [-0.2, 0) is 11.2 Å². The number of hydrogen-bond donors (Lipinski definition) is 2. The summed E-state index contributed by atoms with van der Waals surface area (Å²) in [5.74, 6) is 3.18. The molecule has 0 radical (unpaired) electrons. The van der Waals surface area contributed by atoms with Crippen LogP contribution in [0.25, 0.3) is 11.4 Å². The number of nitrogens with zero attached hydrogens (tertiary/aromatic N) is 2. The van der Waals surface area contributed by atoms with Gasteiger partial charge < -0.3 is 18.9 Å². The number of aromatic amines is 1. The van der Waals surface area contributed by atoms with Crippen molar-refractivity contribution in [2.45, 2.75) is 12.8 Å². The molecule has 1 amide bonds. The molecule has 0 bridgehead atoms. The van der Waals surface area contributed by atoms with Crippen LogP contribution in [-0.4, -0.2) is 42.1 Å². The molecule has 0 saturated heterocycles. The lowest BCUT2D eigenvalue weighted by molar-refractivity contribution is -0.116. The van der Waals surface area contributed by atoms with Crippen molar-refractivity contribution >= 4 is 11.9 Å². The Morgan fingerprint density at radius 1 is 1.14 bits per heavy atom. The first-order valence-corrected chi connectivity index (χ1v) is 8.99. The number of fused-ring (bicyclic) bond motifs is 1. The van der Waals surface area contributed by atoms with Gasteiger partial charge in [-0.25, -0.2) is 0 Å². The van der Waals surface area contributed by atoms with Gasteiger partial charge in [0.25, 0.3) is 0 Å². The Morgan fingerprint density at radius 3 is 2.83 bits per heavy atom. The van der Waals surface area contributed by atoms with Gasteiger partial charge in [0, 0.05) is 12.5 Å². The summed E-state index contributed by atoms with van der Waals surface area (Å²) in [5.41, 5.74) is 1.70. The zero-order chi connectivity index (χ0) is 20.2. The van der Waals surface area contributed by atoms with Gasteiger partial charge in [0.1, 0.15) is 11.5 Å². The molecule has 9 nitrogen and oxygen atoms in total. The number of methoxy groups -OCH3 is 2. The molecule has 0 aliphatic carbocycles. The number of nitrogens with one attached hydrogen (secondary N) is 2. The summed E-state index contributed by atoms with van der Waals surface area (Å²) in [7, 11) is 3.15. The smallest absolute Gasteiger partial charge is 0.249 e. The zero-order valence-electron chi connectivity index (χ0n) is 16.0. The van der Waals surface area contributed by atoms with Crippen molar-refractivity contribution in [2.75, 3.05) is 26.3 Å². The van der Waals surface area contributed by atoms with Crippen LogP contribution in [0.15, 0.2) is 36.4 Å². The fourth-order valence-electron chi connectivity index (χ4n) is 2.97. The van der Waals surface area contributed by atoms with Crippen molar-refractivity contribution < 1.29 is 23.7 Å². The topological polar surface area (TPSA) is 108 Å². The average molecular weight is 396 g/mol. The van der Waals surface area contributed by atoms with E-state index in [-0.39, 0.29) is 25.1 Å². The van der Waals surface area contributed by atoms with E-state index in [1.165, 1.54) is 0 Å². The van der Waals surface area contributed by atoms with Gasteiger partial charge in [0.15, 0.2) is 17.3 Å². The molecule has 3 aromatic rings. The number of aromatic nitrogens is 3. The minimum absolute atomic E-state index is 0.185. The van der Waals surface area contributed by atoms with Crippen LogP contribution in [0, 0.1) is 0 Å². The van der Waals surface area contributed by atoms with Gasteiger partial charge >= 0.3 is 0 Å². The molecular weight excluding hydrogens is 376 g/mol. The second-order valence-electron chi connectivity index (χ2n) is 6.31. The highest BCUT2D eigenvalue weighted by Crippen LogP contribution is 2.33. The predicted molar refractivity (Wildman–Crippen MR) is 104 cm³/mol. The van der Waals surface area contributed by atoms with E-state index < -0.39 is 0 Å². The number of carbonyl (C=O) groups is 1. The van der Waals surface area contributed by atoms with E-state index in [0.29, 0.717) is 35.1 Å². The summed E-state index contributed by atoms with van der Waals surface area (Å²) in [4.78, 5) is 16.6. The number of ether oxygens (including phenoxy) is 4. The third kappa shape index (κ3) is 4.08. The monoisotopic (exact) mass is 396 g/mol. The van der Waals surface area contributed by atoms with E-state index in [9.17, 15) is 4.79 Å². The Kier molecular flexibility index (Phi) is 5.19. The molecule has 9 heteroatoms. The van der Waals surface area contributed by atoms with Gasteiger partial charge in [0.05, 0.1) is 19.8 Å². The van der Waals surface area contributed by atoms with Crippen LogP contribution in [0.4, 0.5) is 5.95 Å². The number of benzene rings is 2. The second-order valence-corrected chi connectivity index (χ2v) is 6.31. The first kappa shape index (κ1) is 18.6. The molecule has 0 atom stereocenters. The molecule has 2 aromatic carbocycles. The highest BCUT2D eigenvalue weighted by Gasteiger charge is 2.15. The molecule has 29 heavy (non-hydrogen) atoms. The summed E-state index contributed by atoms with van der Waals surface area (Å²) < 4.78 is 21.2. The molecule has 150 valence electrons. The molecule has 4 rings (SSSR count). The van der Waals surface area contributed by atoms with E-state index in [1.54, 1.807) is 26.4 Å². The number of aryl methyl sites for hydroxylation is 1. The number of hydrogen-bond acceptors (Lipinski definition) is 7. The van der Waals surface area contributed by atoms with E-state index in [2.05, 4.69) is 20.5 Å². The maximum atomic E-state index is 12.3. The number of anilines is 1. The molecular formula is C20H20N4O5. The number of H-pyrrole nitrogens is 1. The van der Waals surface area contributed by atoms with Crippen LogP contribution in [0.1, 0.15) is 12.0 Å². The lowest BCUT2D eigenvalue weighted by Gasteiger charge is -2.07. The molecule has 0 unspecified atom stereocenters. The van der Waals surface area contributed by atoms with Crippen LogP contribution >= 0.6 is 0 Å². The Balaban J connectivity index is 1.38. The van der Waals surface area contributed by atoms with Crippen molar-refractivity contribution in [3.8, 4) is 34.4 Å². The second kappa shape index (κ2) is 8.09.